The van der Waals surface area contributed by atoms with Crippen molar-refractivity contribution in [3.05, 3.63) is 70.9 Å². The monoisotopic (exact) mass is 350 g/mol. The van der Waals surface area contributed by atoms with Gasteiger partial charge in [-0.15, -0.1) is 11.3 Å². The quantitative estimate of drug-likeness (QED) is 0.503. The van der Waals surface area contributed by atoms with Crippen LogP contribution in [0.4, 0.5) is 0 Å². The lowest BCUT2D eigenvalue weighted by Crippen LogP contribution is -2.03. The van der Waals surface area contributed by atoms with Gasteiger partial charge in [-0.1, -0.05) is 47.6 Å². The smallest absolute Gasteiger partial charge is 0.348 e. The van der Waals surface area contributed by atoms with Crippen molar-refractivity contribution in [1.82, 2.24) is 10.1 Å². The molecule has 5 nitrogen and oxygen atoms in total. The van der Waals surface area contributed by atoms with Gasteiger partial charge < -0.3 is 9.26 Å². The number of aryl methyl sites for hydroxylation is 1. The highest BCUT2D eigenvalue weighted by Gasteiger charge is 2.15. The number of carbonyl (C=O) groups is 1. The predicted octanol–water partition coefficient (Wildman–Crippen LogP) is 4.62. The van der Waals surface area contributed by atoms with Crippen LogP contribution in [0.15, 0.2) is 59.1 Å². The number of hydrogen-bond donors (Lipinski definition) is 0. The van der Waals surface area contributed by atoms with Crippen molar-refractivity contribution in [1.29, 1.82) is 0 Å². The first-order valence-electron chi connectivity index (χ1n) is 7.75. The Morgan fingerprint density at radius 3 is 2.80 bits per heavy atom. The highest BCUT2D eigenvalue weighted by atomic mass is 32.1. The average Bonchev–Trinajstić information content (AvgIpc) is 3.27. The molecule has 0 spiro atoms. The molecular weight excluding hydrogens is 336 g/mol. The van der Waals surface area contributed by atoms with Crippen molar-refractivity contribution in [2.75, 3.05) is 0 Å². The first-order valence-corrected chi connectivity index (χ1v) is 8.56. The molecule has 0 radical (unpaired) electrons. The number of ether oxygens (including phenoxy) is 1. The number of carbonyl (C=O) groups excluding carboxylic acids is 1. The summed E-state index contributed by atoms with van der Waals surface area (Å²) in [5, 5.41) is 4.98. The Morgan fingerprint density at radius 1 is 1.16 bits per heavy atom. The third-order valence-electron chi connectivity index (χ3n) is 3.81. The number of esters is 1. The van der Waals surface area contributed by atoms with Crippen LogP contribution in [0.2, 0.25) is 0 Å². The fraction of sp³-hybridized carbons (Fsp3) is 0.105. The van der Waals surface area contributed by atoms with Crippen molar-refractivity contribution >= 4 is 27.4 Å². The Balaban J connectivity index is 1.46. The average molecular weight is 350 g/mol. The lowest BCUT2D eigenvalue weighted by Gasteiger charge is -1.99. The molecule has 25 heavy (non-hydrogen) atoms. The lowest BCUT2D eigenvalue weighted by atomic mass is 10.1. The molecule has 2 aromatic heterocycles. The van der Waals surface area contributed by atoms with E-state index in [1.807, 2.05) is 61.5 Å². The third-order valence-corrected chi connectivity index (χ3v) is 4.90. The van der Waals surface area contributed by atoms with Crippen molar-refractivity contribution in [3.63, 3.8) is 0 Å². The van der Waals surface area contributed by atoms with Crippen LogP contribution in [-0.2, 0) is 11.3 Å². The number of nitrogens with zero attached hydrogens (tertiary/aromatic N) is 2. The molecule has 0 aliphatic rings. The second-order valence-electron chi connectivity index (χ2n) is 5.55. The minimum Gasteiger partial charge on any atom is -0.451 e. The number of thiophene rings is 1. The van der Waals surface area contributed by atoms with Crippen molar-refractivity contribution in [2.45, 2.75) is 13.5 Å². The zero-order chi connectivity index (χ0) is 17.2. The Bertz CT molecular complexity index is 1020. The summed E-state index contributed by atoms with van der Waals surface area (Å²) in [5.41, 5.74) is 1.95. The van der Waals surface area contributed by atoms with E-state index in [-0.39, 0.29) is 12.5 Å². The number of rotatable bonds is 4. The molecule has 0 aliphatic heterocycles. The minimum atomic E-state index is -0.392. The topological polar surface area (TPSA) is 65.2 Å². The van der Waals surface area contributed by atoms with Gasteiger partial charge in [-0.25, -0.2) is 4.79 Å². The van der Waals surface area contributed by atoms with Crippen molar-refractivity contribution < 1.29 is 14.1 Å². The third kappa shape index (κ3) is 3.16. The van der Waals surface area contributed by atoms with Crippen LogP contribution in [0.25, 0.3) is 21.5 Å². The van der Waals surface area contributed by atoms with Crippen LogP contribution in [0, 0.1) is 6.92 Å². The predicted molar refractivity (Wildman–Crippen MR) is 95.4 cm³/mol. The summed E-state index contributed by atoms with van der Waals surface area (Å²) < 4.78 is 11.5. The Morgan fingerprint density at radius 2 is 1.96 bits per heavy atom. The van der Waals surface area contributed by atoms with Crippen LogP contribution in [-0.4, -0.2) is 16.1 Å². The summed E-state index contributed by atoms with van der Waals surface area (Å²) in [6.07, 6.45) is 0. The highest BCUT2D eigenvalue weighted by molar-refractivity contribution is 7.20. The van der Waals surface area contributed by atoms with E-state index in [1.165, 1.54) is 11.3 Å². The van der Waals surface area contributed by atoms with Crippen LogP contribution < -0.4 is 0 Å². The van der Waals surface area contributed by atoms with E-state index in [2.05, 4.69) is 10.1 Å². The molecule has 4 aromatic rings. The molecule has 2 heterocycles. The molecule has 0 saturated heterocycles. The SMILES string of the molecule is Cc1ccccc1-c1noc(COC(=O)c2cc3ccccc3s2)n1. The van der Waals surface area contributed by atoms with Gasteiger partial charge in [0.1, 0.15) is 4.88 Å². The van der Waals surface area contributed by atoms with Gasteiger partial charge in [0, 0.05) is 10.3 Å². The van der Waals surface area contributed by atoms with Gasteiger partial charge >= 0.3 is 5.97 Å². The van der Waals surface area contributed by atoms with Gasteiger partial charge in [-0.2, -0.15) is 4.98 Å². The van der Waals surface area contributed by atoms with E-state index in [4.69, 9.17) is 9.26 Å². The molecule has 0 amide bonds. The Hall–Kier alpha value is -2.99. The number of benzene rings is 2. The normalized spacial score (nSPS) is 10.9. The maximum Gasteiger partial charge on any atom is 0.348 e. The maximum atomic E-state index is 12.2. The molecule has 0 saturated carbocycles. The highest BCUT2D eigenvalue weighted by Crippen LogP contribution is 2.26. The standard InChI is InChI=1S/C19H14N2O3S/c1-12-6-2-4-8-14(12)18-20-17(24-21-18)11-23-19(22)16-10-13-7-3-5-9-15(13)25-16/h2-10H,11H2,1H3. The maximum absolute atomic E-state index is 12.2. The summed E-state index contributed by atoms with van der Waals surface area (Å²) in [6.45, 7) is 1.93. The van der Waals surface area contributed by atoms with E-state index in [0.29, 0.717) is 10.7 Å². The molecule has 2 aromatic carbocycles. The zero-order valence-corrected chi connectivity index (χ0v) is 14.2. The zero-order valence-electron chi connectivity index (χ0n) is 13.4. The number of hydrogen-bond acceptors (Lipinski definition) is 6. The summed E-state index contributed by atoms with van der Waals surface area (Å²) in [6, 6.07) is 17.4. The second kappa shape index (κ2) is 6.49. The molecule has 0 N–H and O–H groups in total. The van der Waals surface area contributed by atoms with Crippen molar-refractivity contribution in [2.24, 2.45) is 0 Å². The van der Waals surface area contributed by atoms with Gasteiger partial charge in [0.15, 0.2) is 6.61 Å². The van der Waals surface area contributed by atoms with Gasteiger partial charge in [0.25, 0.3) is 5.89 Å². The Kier molecular flexibility index (Phi) is 4.03. The van der Waals surface area contributed by atoms with E-state index in [1.54, 1.807) is 0 Å². The molecule has 4 rings (SSSR count). The van der Waals surface area contributed by atoms with Gasteiger partial charge in [0.2, 0.25) is 5.82 Å². The number of aromatic nitrogens is 2. The van der Waals surface area contributed by atoms with Gasteiger partial charge in [-0.05, 0) is 30.0 Å². The molecule has 0 bridgehead atoms. The molecule has 0 atom stereocenters. The van der Waals surface area contributed by atoms with Gasteiger partial charge in [-0.3, -0.25) is 0 Å². The van der Waals surface area contributed by atoms with E-state index in [9.17, 15) is 4.79 Å². The summed E-state index contributed by atoms with van der Waals surface area (Å²) in [4.78, 5) is 17.1. The first kappa shape index (κ1) is 15.5. The summed E-state index contributed by atoms with van der Waals surface area (Å²) in [7, 11) is 0. The van der Waals surface area contributed by atoms with Crippen LogP contribution in [0.1, 0.15) is 21.1 Å². The van der Waals surface area contributed by atoms with Gasteiger partial charge in [0.05, 0.1) is 0 Å². The van der Waals surface area contributed by atoms with Crippen LogP contribution in [0.5, 0.6) is 0 Å². The second-order valence-corrected chi connectivity index (χ2v) is 6.64. The summed E-state index contributed by atoms with van der Waals surface area (Å²) in [5.74, 6) is 0.371. The molecule has 0 unspecified atom stereocenters. The van der Waals surface area contributed by atoms with Crippen LogP contribution in [0.3, 0.4) is 0 Å². The number of fused-ring (bicyclic) bond motifs is 1. The minimum absolute atomic E-state index is 0.0496. The van der Waals surface area contributed by atoms with E-state index >= 15 is 0 Å². The van der Waals surface area contributed by atoms with Crippen molar-refractivity contribution in [3.8, 4) is 11.4 Å². The molecule has 0 fully saturated rings. The molecular formula is C19H14N2O3S. The lowest BCUT2D eigenvalue weighted by molar-refractivity contribution is 0.0435. The van der Waals surface area contributed by atoms with Crippen LogP contribution >= 0.6 is 11.3 Å². The van der Waals surface area contributed by atoms with E-state index in [0.717, 1.165) is 21.2 Å². The Labute approximate surface area is 147 Å². The fourth-order valence-electron chi connectivity index (χ4n) is 2.53. The largest absolute Gasteiger partial charge is 0.451 e. The summed E-state index contributed by atoms with van der Waals surface area (Å²) >= 11 is 1.40. The van der Waals surface area contributed by atoms with E-state index < -0.39 is 5.97 Å². The first-order chi connectivity index (χ1) is 12.2. The fourth-order valence-corrected chi connectivity index (χ4v) is 3.48. The molecule has 0 aliphatic carbocycles. The molecule has 124 valence electrons. The molecule has 6 heteroatoms.